The highest BCUT2D eigenvalue weighted by Crippen LogP contribution is 2.29. The molecule has 0 aliphatic rings. The summed E-state index contributed by atoms with van der Waals surface area (Å²) in [6, 6.07) is 6.05. The van der Waals surface area contributed by atoms with Crippen molar-refractivity contribution in [3.05, 3.63) is 46.8 Å². The van der Waals surface area contributed by atoms with Crippen LogP contribution in [-0.2, 0) is 0 Å². The van der Waals surface area contributed by atoms with E-state index in [1.807, 2.05) is 0 Å². The monoisotopic (exact) mass is 240 g/mol. The third-order valence-electron chi connectivity index (χ3n) is 1.96. The molecule has 0 spiro atoms. The lowest BCUT2D eigenvalue weighted by atomic mass is 10.2. The average Bonchev–Trinajstić information content (AvgIpc) is 2.64. The summed E-state index contributed by atoms with van der Waals surface area (Å²) in [4.78, 5) is 11.3. The van der Waals surface area contributed by atoms with Crippen LogP contribution in [0.2, 0.25) is 0 Å². The van der Waals surface area contributed by atoms with Gasteiger partial charge in [0.15, 0.2) is 0 Å². The number of thiophene rings is 1. The molecular weight excluding hydrogens is 234 g/mol. The molecule has 2 aromatic rings. The van der Waals surface area contributed by atoms with Gasteiger partial charge < -0.3 is 5.11 Å². The van der Waals surface area contributed by atoms with E-state index < -0.39 is 17.6 Å². The van der Waals surface area contributed by atoms with E-state index in [-0.39, 0.29) is 4.88 Å². The maximum atomic E-state index is 12.9. The first-order valence-electron chi connectivity index (χ1n) is 4.36. The summed E-state index contributed by atoms with van der Waals surface area (Å²) >= 11 is 0.979. The number of halogens is 2. The van der Waals surface area contributed by atoms with E-state index in [4.69, 9.17) is 5.11 Å². The van der Waals surface area contributed by atoms with Crippen molar-refractivity contribution in [3.63, 3.8) is 0 Å². The molecule has 2 rings (SSSR count). The topological polar surface area (TPSA) is 37.3 Å². The Hall–Kier alpha value is -1.75. The zero-order chi connectivity index (χ0) is 11.7. The van der Waals surface area contributed by atoms with Crippen molar-refractivity contribution in [1.29, 1.82) is 0 Å². The van der Waals surface area contributed by atoms with Gasteiger partial charge in [-0.3, -0.25) is 0 Å². The van der Waals surface area contributed by atoms with Crippen molar-refractivity contribution in [1.82, 2.24) is 0 Å². The van der Waals surface area contributed by atoms with Gasteiger partial charge >= 0.3 is 5.97 Å². The molecule has 82 valence electrons. The normalized spacial score (nSPS) is 10.4. The zero-order valence-corrected chi connectivity index (χ0v) is 8.72. The lowest BCUT2D eigenvalue weighted by Crippen LogP contribution is -1.89. The second-order valence-corrected chi connectivity index (χ2v) is 4.21. The van der Waals surface area contributed by atoms with Crippen LogP contribution in [0.4, 0.5) is 8.78 Å². The molecule has 0 unspecified atom stereocenters. The molecule has 16 heavy (non-hydrogen) atoms. The number of hydrogen-bond donors (Lipinski definition) is 1. The maximum absolute atomic E-state index is 12.9. The molecular formula is C11H6F2O2S. The van der Waals surface area contributed by atoms with Gasteiger partial charge in [-0.2, -0.15) is 0 Å². The number of carboxylic acid groups (broad SMARTS) is 1. The predicted octanol–water partition coefficient (Wildman–Crippen LogP) is 3.39. The number of rotatable bonds is 2. The van der Waals surface area contributed by atoms with Gasteiger partial charge in [-0.1, -0.05) is 0 Å². The van der Waals surface area contributed by atoms with Crippen LogP contribution in [0.15, 0.2) is 30.3 Å². The van der Waals surface area contributed by atoms with E-state index in [0.29, 0.717) is 10.4 Å². The first-order chi connectivity index (χ1) is 7.56. The van der Waals surface area contributed by atoms with Gasteiger partial charge in [-0.05, 0) is 29.8 Å². The van der Waals surface area contributed by atoms with E-state index >= 15 is 0 Å². The van der Waals surface area contributed by atoms with Gasteiger partial charge in [0.05, 0.1) is 0 Å². The Bertz CT molecular complexity index is 528. The molecule has 0 atom stereocenters. The largest absolute Gasteiger partial charge is 0.477 e. The molecule has 0 radical (unpaired) electrons. The van der Waals surface area contributed by atoms with Gasteiger partial charge in [0, 0.05) is 10.9 Å². The predicted molar refractivity (Wildman–Crippen MR) is 56.6 cm³/mol. The Morgan fingerprint density at radius 2 is 1.75 bits per heavy atom. The van der Waals surface area contributed by atoms with Crippen LogP contribution in [0.5, 0.6) is 0 Å². The van der Waals surface area contributed by atoms with Crippen molar-refractivity contribution in [2.75, 3.05) is 0 Å². The Morgan fingerprint density at radius 3 is 2.25 bits per heavy atom. The summed E-state index contributed by atoms with van der Waals surface area (Å²) in [5.74, 6) is -2.41. The minimum absolute atomic E-state index is 0.139. The van der Waals surface area contributed by atoms with E-state index in [1.54, 1.807) is 0 Å². The first-order valence-corrected chi connectivity index (χ1v) is 5.17. The van der Waals surface area contributed by atoms with Gasteiger partial charge in [-0.25, -0.2) is 13.6 Å². The molecule has 2 nitrogen and oxygen atoms in total. The molecule has 0 saturated carbocycles. The molecule has 0 amide bonds. The van der Waals surface area contributed by atoms with Crippen molar-refractivity contribution >= 4 is 17.3 Å². The van der Waals surface area contributed by atoms with Crippen molar-refractivity contribution in [3.8, 4) is 10.4 Å². The van der Waals surface area contributed by atoms with Crippen molar-refractivity contribution in [2.24, 2.45) is 0 Å². The molecule has 0 aliphatic heterocycles. The highest BCUT2D eigenvalue weighted by atomic mass is 32.1. The fourth-order valence-corrected chi connectivity index (χ4v) is 2.14. The van der Waals surface area contributed by atoms with Crippen molar-refractivity contribution < 1.29 is 18.7 Å². The van der Waals surface area contributed by atoms with Crippen LogP contribution in [0.25, 0.3) is 10.4 Å². The Labute approximate surface area is 93.8 Å². The van der Waals surface area contributed by atoms with E-state index in [9.17, 15) is 13.6 Å². The summed E-state index contributed by atoms with van der Waals surface area (Å²) in [5.41, 5.74) is 0.343. The zero-order valence-electron chi connectivity index (χ0n) is 7.91. The molecule has 1 N–H and O–H groups in total. The number of carbonyl (C=O) groups is 1. The SMILES string of the molecule is O=C(O)c1ccc(-c2cc(F)cc(F)c2)s1. The number of aromatic carboxylic acids is 1. The van der Waals surface area contributed by atoms with Crippen molar-refractivity contribution in [2.45, 2.75) is 0 Å². The number of carboxylic acids is 1. The molecule has 0 saturated heterocycles. The second-order valence-electron chi connectivity index (χ2n) is 3.13. The van der Waals surface area contributed by atoms with Crippen LogP contribution in [-0.4, -0.2) is 11.1 Å². The Morgan fingerprint density at radius 1 is 1.12 bits per heavy atom. The minimum Gasteiger partial charge on any atom is -0.477 e. The fraction of sp³-hybridized carbons (Fsp3) is 0. The molecule has 0 aliphatic carbocycles. The molecule has 5 heteroatoms. The molecule has 0 bridgehead atoms. The van der Waals surface area contributed by atoms with Gasteiger partial charge in [0.1, 0.15) is 16.5 Å². The van der Waals surface area contributed by atoms with Gasteiger partial charge in [0.25, 0.3) is 0 Å². The van der Waals surface area contributed by atoms with E-state index in [2.05, 4.69) is 0 Å². The summed E-state index contributed by atoms with van der Waals surface area (Å²) in [6.07, 6.45) is 0. The molecule has 0 fully saturated rings. The minimum atomic E-state index is -1.05. The highest BCUT2D eigenvalue weighted by Gasteiger charge is 2.09. The quantitative estimate of drug-likeness (QED) is 0.873. The summed E-state index contributed by atoms with van der Waals surface area (Å²) in [5, 5.41) is 8.72. The number of benzene rings is 1. The highest BCUT2D eigenvalue weighted by molar-refractivity contribution is 7.17. The van der Waals surface area contributed by atoms with Crippen LogP contribution < -0.4 is 0 Å². The Kier molecular flexibility index (Phi) is 2.70. The van der Waals surface area contributed by atoms with Crippen LogP contribution >= 0.6 is 11.3 Å². The third-order valence-corrected chi connectivity index (χ3v) is 3.09. The fourth-order valence-electron chi connectivity index (χ4n) is 1.30. The average molecular weight is 240 g/mol. The van der Waals surface area contributed by atoms with Crippen LogP contribution in [0.1, 0.15) is 9.67 Å². The lowest BCUT2D eigenvalue weighted by Gasteiger charge is -1.97. The smallest absolute Gasteiger partial charge is 0.345 e. The summed E-state index contributed by atoms with van der Waals surface area (Å²) in [7, 11) is 0. The Balaban J connectivity index is 2.46. The van der Waals surface area contributed by atoms with Gasteiger partial charge in [0.2, 0.25) is 0 Å². The molecule has 1 heterocycles. The van der Waals surface area contributed by atoms with E-state index in [0.717, 1.165) is 17.4 Å². The van der Waals surface area contributed by atoms with E-state index in [1.165, 1.54) is 24.3 Å². The van der Waals surface area contributed by atoms with Crippen LogP contribution in [0.3, 0.4) is 0 Å². The van der Waals surface area contributed by atoms with Crippen LogP contribution in [0, 0.1) is 11.6 Å². The molecule has 1 aromatic heterocycles. The summed E-state index contributed by atoms with van der Waals surface area (Å²) in [6.45, 7) is 0. The maximum Gasteiger partial charge on any atom is 0.345 e. The standard InChI is InChI=1S/C11H6F2O2S/c12-7-3-6(4-8(13)5-7)9-1-2-10(16-9)11(14)15/h1-5H,(H,14,15). The first kappa shape index (κ1) is 10.8. The lowest BCUT2D eigenvalue weighted by molar-refractivity contribution is 0.0702. The van der Waals surface area contributed by atoms with Gasteiger partial charge in [-0.15, -0.1) is 11.3 Å². The third kappa shape index (κ3) is 2.09. The molecule has 1 aromatic carbocycles. The second kappa shape index (κ2) is 4.02. The number of hydrogen-bond acceptors (Lipinski definition) is 2. The summed E-state index contributed by atoms with van der Waals surface area (Å²) < 4.78 is 25.9.